The summed E-state index contributed by atoms with van der Waals surface area (Å²) in [5.74, 6) is -1.04. The van der Waals surface area contributed by atoms with E-state index in [1.165, 1.54) is 25.3 Å². The average Bonchev–Trinajstić information content (AvgIpc) is 2.76. The fourth-order valence-corrected chi connectivity index (χ4v) is 5.28. The molecule has 2 aromatic carbocycles. The molecule has 1 unspecified atom stereocenters. The van der Waals surface area contributed by atoms with E-state index in [0.717, 1.165) is 30.4 Å². The van der Waals surface area contributed by atoms with Crippen LogP contribution in [0, 0.1) is 0 Å². The third kappa shape index (κ3) is 6.43. The minimum atomic E-state index is -4.87. The lowest BCUT2D eigenvalue weighted by Crippen LogP contribution is -2.45. The number of piperidine rings is 1. The van der Waals surface area contributed by atoms with E-state index in [4.69, 9.17) is 4.74 Å². The molecule has 1 aliphatic heterocycles. The number of ketones is 1. The normalized spacial score (nSPS) is 19.5. The summed E-state index contributed by atoms with van der Waals surface area (Å²) in [5.41, 5.74) is -1.27. The third-order valence-electron chi connectivity index (χ3n) is 6.06. The summed E-state index contributed by atoms with van der Waals surface area (Å²) < 4.78 is 87.8. The first-order chi connectivity index (χ1) is 16.3. The van der Waals surface area contributed by atoms with Gasteiger partial charge in [-0.05, 0) is 62.5 Å². The van der Waals surface area contributed by atoms with Gasteiger partial charge in [-0.3, -0.25) is 4.79 Å². The zero-order valence-electron chi connectivity index (χ0n) is 19.3. The van der Waals surface area contributed by atoms with Crippen LogP contribution in [0.3, 0.4) is 0 Å². The zero-order chi connectivity index (χ0) is 26.0. The largest absolute Gasteiger partial charge is 0.573 e. The summed E-state index contributed by atoms with van der Waals surface area (Å²) in [6.07, 6.45) is -6.85. The van der Waals surface area contributed by atoms with Gasteiger partial charge in [-0.2, -0.15) is 13.2 Å². The molecular formula is C24H25F6NO3S. The molecule has 35 heavy (non-hydrogen) atoms. The van der Waals surface area contributed by atoms with Crippen LogP contribution in [0.25, 0.3) is 0 Å². The first-order valence-electron chi connectivity index (χ1n) is 10.7. The van der Waals surface area contributed by atoms with Crippen LogP contribution in [-0.4, -0.2) is 50.5 Å². The van der Waals surface area contributed by atoms with Crippen LogP contribution < -0.4 is 9.47 Å². The van der Waals surface area contributed by atoms with Gasteiger partial charge in [-0.25, -0.2) is 0 Å². The van der Waals surface area contributed by atoms with Crippen LogP contribution in [0.2, 0.25) is 0 Å². The van der Waals surface area contributed by atoms with Gasteiger partial charge in [0.15, 0.2) is 5.78 Å². The van der Waals surface area contributed by atoms with E-state index in [-0.39, 0.29) is 22.6 Å². The van der Waals surface area contributed by atoms with Crippen LogP contribution in [0.4, 0.5) is 26.3 Å². The second-order valence-electron chi connectivity index (χ2n) is 8.55. The van der Waals surface area contributed by atoms with Gasteiger partial charge in [0.25, 0.3) is 0 Å². The molecule has 2 aromatic rings. The smallest absolute Gasteiger partial charge is 0.496 e. The monoisotopic (exact) mass is 521 g/mol. The number of benzene rings is 2. The van der Waals surface area contributed by atoms with Crippen molar-refractivity contribution in [2.24, 2.45) is 0 Å². The van der Waals surface area contributed by atoms with Crippen molar-refractivity contribution in [1.29, 1.82) is 0 Å². The number of ether oxygens (including phenoxy) is 2. The molecule has 0 aromatic heterocycles. The Balaban J connectivity index is 2.06. The molecule has 1 fully saturated rings. The highest BCUT2D eigenvalue weighted by Gasteiger charge is 2.41. The topological polar surface area (TPSA) is 38.8 Å². The van der Waals surface area contributed by atoms with Crippen LogP contribution in [-0.2, 0) is 11.6 Å². The second kappa shape index (κ2) is 10.3. The summed E-state index contributed by atoms with van der Waals surface area (Å²) in [5, 5.41) is 0. The Hall–Kier alpha value is -2.40. The van der Waals surface area contributed by atoms with E-state index in [1.807, 2.05) is 11.9 Å². The number of likely N-dealkylation sites (tertiary alicyclic amines) is 1. The van der Waals surface area contributed by atoms with Gasteiger partial charge in [0.05, 0.1) is 18.2 Å². The Bertz CT molecular complexity index is 1050. The lowest BCUT2D eigenvalue weighted by Gasteiger charge is -2.42. The number of likely N-dealkylation sites (N-methyl/N-ethyl adjacent to an activating group) is 1. The Morgan fingerprint density at radius 1 is 1.14 bits per heavy atom. The van der Waals surface area contributed by atoms with Gasteiger partial charge in [0.1, 0.15) is 11.5 Å². The molecule has 1 heterocycles. The Labute approximate surface area is 203 Å². The minimum absolute atomic E-state index is 0.0308. The van der Waals surface area contributed by atoms with Crippen LogP contribution >= 0.6 is 11.8 Å². The zero-order valence-corrected chi connectivity index (χ0v) is 20.2. The number of alkyl halides is 6. The molecule has 0 amide bonds. The van der Waals surface area contributed by atoms with E-state index in [0.29, 0.717) is 24.9 Å². The van der Waals surface area contributed by atoms with Gasteiger partial charge in [0, 0.05) is 23.3 Å². The Morgan fingerprint density at radius 3 is 2.43 bits per heavy atom. The lowest BCUT2D eigenvalue weighted by molar-refractivity contribution is -0.274. The van der Waals surface area contributed by atoms with Crippen LogP contribution in [0.15, 0.2) is 41.3 Å². The van der Waals surface area contributed by atoms with Crippen LogP contribution in [0.1, 0.15) is 40.7 Å². The summed E-state index contributed by atoms with van der Waals surface area (Å²) in [6.45, 7) is 1.13. The summed E-state index contributed by atoms with van der Waals surface area (Å²) in [4.78, 5) is 15.7. The minimum Gasteiger partial charge on any atom is -0.496 e. The molecule has 4 nitrogen and oxygen atoms in total. The third-order valence-corrected chi connectivity index (χ3v) is 6.82. The maximum Gasteiger partial charge on any atom is 0.573 e. The molecule has 0 N–H and O–H groups in total. The number of thioether (sulfide) groups is 1. The molecule has 0 bridgehead atoms. The maximum atomic E-state index is 13.6. The summed E-state index contributed by atoms with van der Waals surface area (Å²) in [7, 11) is 3.04. The number of nitrogens with zero attached hydrogens (tertiary/aromatic N) is 1. The first-order valence-corrected chi connectivity index (χ1v) is 11.9. The molecule has 192 valence electrons. The number of carbonyl (C=O) groups is 1. The van der Waals surface area contributed by atoms with E-state index in [1.54, 1.807) is 12.3 Å². The van der Waals surface area contributed by atoms with Crippen molar-refractivity contribution in [1.82, 2.24) is 4.90 Å². The number of halogens is 6. The Morgan fingerprint density at radius 2 is 1.86 bits per heavy atom. The fourth-order valence-electron chi connectivity index (χ4n) is 4.61. The molecule has 0 radical (unpaired) electrons. The predicted octanol–water partition coefficient (Wildman–Crippen LogP) is 6.57. The van der Waals surface area contributed by atoms with Crippen molar-refractivity contribution >= 4 is 17.5 Å². The highest BCUT2D eigenvalue weighted by atomic mass is 32.2. The number of rotatable bonds is 7. The van der Waals surface area contributed by atoms with Crippen molar-refractivity contribution in [3.8, 4) is 11.5 Å². The predicted molar refractivity (Wildman–Crippen MR) is 120 cm³/mol. The molecule has 1 saturated heterocycles. The maximum absolute atomic E-state index is 13.6. The number of methoxy groups -OCH3 is 1. The standard InChI is InChI=1S/C24H25F6NO3S/c1-31-9-5-8-22(14-31,15-6-4-7-17(10-15)34-24(28,29)30)13-18(32)21-19(33-2)11-16(23(25,26)27)12-20(21)35-3/h4,6-7,10-12H,5,8-9,13-14H2,1-3H3. The van der Waals surface area contributed by atoms with E-state index in [2.05, 4.69) is 4.74 Å². The van der Waals surface area contributed by atoms with Crippen molar-refractivity contribution in [3.63, 3.8) is 0 Å². The van der Waals surface area contributed by atoms with Gasteiger partial charge >= 0.3 is 12.5 Å². The average molecular weight is 522 g/mol. The van der Waals surface area contributed by atoms with Gasteiger partial charge in [-0.1, -0.05) is 12.1 Å². The molecule has 1 atom stereocenters. The van der Waals surface area contributed by atoms with E-state index >= 15 is 0 Å². The van der Waals surface area contributed by atoms with Gasteiger partial charge in [0.2, 0.25) is 0 Å². The van der Waals surface area contributed by atoms with Crippen molar-refractivity contribution in [2.45, 2.75) is 42.1 Å². The number of Topliss-reactive ketones (excluding diaryl/α,β-unsaturated/α-hetero) is 1. The molecular weight excluding hydrogens is 496 g/mol. The highest BCUT2D eigenvalue weighted by molar-refractivity contribution is 7.98. The quantitative estimate of drug-likeness (QED) is 0.234. The number of hydrogen-bond acceptors (Lipinski definition) is 5. The van der Waals surface area contributed by atoms with Crippen LogP contribution in [0.5, 0.6) is 11.5 Å². The highest BCUT2D eigenvalue weighted by Crippen LogP contribution is 2.43. The fraction of sp³-hybridized carbons (Fsp3) is 0.458. The molecule has 3 rings (SSSR count). The molecule has 0 aliphatic carbocycles. The molecule has 11 heteroatoms. The number of hydrogen-bond donors (Lipinski definition) is 0. The number of carbonyl (C=O) groups excluding carboxylic acids is 1. The summed E-state index contributed by atoms with van der Waals surface area (Å²) >= 11 is 0.993. The first kappa shape index (κ1) is 27.2. The lowest BCUT2D eigenvalue weighted by atomic mass is 9.70. The second-order valence-corrected chi connectivity index (χ2v) is 9.40. The van der Waals surface area contributed by atoms with Crippen molar-refractivity contribution < 1.29 is 40.6 Å². The van der Waals surface area contributed by atoms with Crippen molar-refractivity contribution in [2.75, 3.05) is 33.5 Å². The van der Waals surface area contributed by atoms with Gasteiger partial charge < -0.3 is 14.4 Å². The van der Waals surface area contributed by atoms with E-state index in [9.17, 15) is 31.1 Å². The molecule has 1 aliphatic rings. The molecule has 0 spiro atoms. The Kier molecular flexibility index (Phi) is 8.00. The molecule has 0 saturated carbocycles. The summed E-state index contributed by atoms with van der Waals surface area (Å²) in [6, 6.07) is 7.25. The SMILES string of the molecule is COc1cc(C(F)(F)F)cc(SC)c1C(=O)CC1(c2cccc(OC(F)(F)F)c2)CCCN(C)C1. The van der Waals surface area contributed by atoms with E-state index < -0.39 is 35.0 Å². The van der Waals surface area contributed by atoms with Crippen molar-refractivity contribution in [3.05, 3.63) is 53.1 Å². The van der Waals surface area contributed by atoms with Gasteiger partial charge in [-0.15, -0.1) is 24.9 Å².